The van der Waals surface area contributed by atoms with Gasteiger partial charge in [-0.25, -0.2) is 10.1 Å². The Morgan fingerprint density at radius 3 is 2.89 bits per heavy atom. The van der Waals surface area contributed by atoms with Gasteiger partial charge in [-0.15, -0.1) is 10.2 Å². The van der Waals surface area contributed by atoms with E-state index in [-0.39, 0.29) is 11.6 Å². The number of nitro groups is 1. The predicted molar refractivity (Wildman–Crippen MR) is 108 cm³/mol. The van der Waals surface area contributed by atoms with E-state index >= 15 is 0 Å². The molecule has 138 valence electrons. The Balaban J connectivity index is 1.62. The lowest BCUT2D eigenvalue weighted by atomic mass is 10.2. The lowest BCUT2D eigenvalue weighted by molar-refractivity contribution is -0.384. The van der Waals surface area contributed by atoms with Crippen molar-refractivity contribution >= 4 is 45.5 Å². The molecule has 0 aliphatic carbocycles. The second kappa shape index (κ2) is 8.64. The highest BCUT2D eigenvalue weighted by Crippen LogP contribution is 2.23. The summed E-state index contributed by atoms with van der Waals surface area (Å²) in [6.07, 6.45) is 1.44. The fourth-order valence-corrected chi connectivity index (χ4v) is 3.36. The van der Waals surface area contributed by atoms with E-state index in [9.17, 15) is 10.1 Å². The number of halogens is 1. The van der Waals surface area contributed by atoms with Crippen LogP contribution in [-0.2, 0) is 5.75 Å². The number of aromatic nitrogens is 3. The van der Waals surface area contributed by atoms with Crippen LogP contribution in [-0.4, -0.2) is 26.0 Å². The van der Waals surface area contributed by atoms with Gasteiger partial charge >= 0.3 is 0 Å². The zero-order chi connectivity index (χ0) is 19.2. The Bertz CT molecular complexity index is 992. The molecule has 0 aliphatic rings. The number of nitrogens with two attached hydrogens (primary N) is 1. The quantitative estimate of drug-likeness (QED) is 0.187. The summed E-state index contributed by atoms with van der Waals surface area (Å²) in [5, 5.41) is 23.3. The SMILES string of the molecule is Nn1c(N/N=C/c2cccc([N+](=O)[O-])c2)nnc1SCc1cccc(Br)c1. The maximum Gasteiger partial charge on any atom is 0.270 e. The molecule has 3 aromatic rings. The van der Waals surface area contributed by atoms with Crippen molar-refractivity contribution < 1.29 is 4.92 Å². The minimum Gasteiger partial charge on any atom is -0.334 e. The van der Waals surface area contributed by atoms with E-state index in [0.29, 0.717) is 16.5 Å². The molecule has 0 fully saturated rings. The number of rotatable bonds is 7. The largest absolute Gasteiger partial charge is 0.334 e. The third-order valence-electron chi connectivity index (χ3n) is 3.38. The van der Waals surface area contributed by atoms with Crippen LogP contribution in [0.25, 0.3) is 0 Å². The molecule has 0 saturated heterocycles. The van der Waals surface area contributed by atoms with E-state index in [2.05, 4.69) is 36.7 Å². The van der Waals surface area contributed by atoms with Gasteiger partial charge in [0.2, 0.25) is 5.16 Å². The molecule has 9 nitrogen and oxygen atoms in total. The second-order valence-electron chi connectivity index (χ2n) is 5.32. The molecular formula is C16H14BrN7O2S. The van der Waals surface area contributed by atoms with Crippen LogP contribution in [0.15, 0.2) is 63.3 Å². The number of hydrazone groups is 1. The van der Waals surface area contributed by atoms with Crippen LogP contribution >= 0.6 is 27.7 Å². The lowest BCUT2D eigenvalue weighted by Gasteiger charge is -2.03. The highest BCUT2D eigenvalue weighted by Gasteiger charge is 2.10. The van der Waals surface area contributed by atoms with E-state index in [1.807, 2.05) is 24.3 Å². The number of nitrogens with one attached hydrogen (secondary N) is 1. The number of thioether (sulfide) groups is 1. The van der Waals surface area contributed by atoms with Crippen molar-refractivity contribution in [3.63, 3.8) is 0 Å². The minimum atomic E-state index is -0.462. The first kappa shape index (κ1) is 18.9. The molecule has 27 heavy (non-hydrogen) atoms. The standard InChI is InChI=1S/C16H14BrN7O2S/c17-13-5-1-4-12(7-13)10-27-16-22-21-15(23(16)18)20-19-9-11-3-2-6-14(8-11)24(25)26/h1-9H,10,18H2,(H,20,21)/b19-9+. The van der Waals surface area contributed by atoms with Crippen LogP contribution in [0.4, 0.5) is 11.6 Å². The van der Waals surface area contributed by atoms with Gasteiger partial charge in [-0.05, 0) is 17.7 Å². The second-order valence-corrected chi connectivity index (χ2v) is 7.18. The van der Waals surface area contributed by atoms with Crippen LogP contribution in [0.5, 0.6) is 0 Å². The molecule has 0 aliphatic heterocycles. The summed E-state index contributed by atoms with van der Waals surface area (Å²) in [6.45, 7) is 0. The number of benzene rings is 2. The first-order valence-corrected chi connectivity index (χ1v) is 9.42. The van der Waals surface area contributed by atoms with Gasteiger partial charge in [0.05, 0.1) is 11.1 Å². The van der Waals surface area contributed by atoms with Crippen LogP contribution in [0.1, 0.15) is 11.1 Å². The van der Waals surface area contributed by atoms with E-state index < -0.39 is 4.92 Å². The highest BCUT2D eigenvalue weighted by atomic mass is 79.9. The first-order valence-electron chi connectivity index (χ1n) is 7.64. The van der Waals surface area contributed by atoms with Gasteiger partial charge < -0.3 is 5.84 Å². The molecule has 0 radical (unpaired) electrons. The molecule has 0 bridgehead atoms. The van der Waals surface area contributed by atoms with Crippen LogP contribution in [0.3, 0.4) is 0 Å². The first-order chi connectivity index (χ1) is 13.0. The number of nitro benzene ring substituents is 1. The van der Waals surface area contributed by atoms with Gasteiger partial charge in [0.25, 0.3) is 11.6 Å². The Morgan fingerprint density at radius 1 is 1.30 bits per heavy atom. The van der Waals surface area contributed by atoms with Gasteiger partial charge in [-0.2, -0.15) is 5.10 Å². The van der Waals surface area contributed by atoms with Crippen LogP contribution in [0, 0.1) is 10.1 Å². The van der Waals surface area contributed by atoms with Gasteiger partial charge in [0, 0.05) is 27.9 Å². The number of hydrogen-bond acceptors (Lipinski definition) is 8. The van der Waals surface area contributed by atoms with E-state index in [4.69, 9.17) is 5.84 Å². The number of non-ortho nitro benzene ring substituents is 1. The minimum absolute atomic E-state index is 0.00724. The van der Waals surface area contributed by atoms with E-state index in [1.54, 1.807) is 12.1 Å². The molecule has 1 heterocycles. The summed E-state index contributed by atoms with van der Waals surface area (Å²) in [7, 11) is 0. The summed E-state index contributed by atoms with van der Waals surface area (Å²) >= 11 is 4.88. The van der Waals surface area contributed by atoms with Crippen molar-refractivity contribution in [1.82, 2.24) is 14.9 Å². The Labute approximate surface area is 166 Å². The van der Waals surface area contributed by atoms with E-state index in [0.717, 1.165) is 10.0 Å². The molecule has 11 heteroatoms. The number of hydrogen-bond donors (Lipinski definition) is 2. The molecule has 0 saturated carbocycles. The molecule has 0 amide bonds. The van der Waals surface area contributed by atoms with Crippen molar-refractivity contribution in [2.24, 2.45) is 5.10 Å². The molecule has 3 rings (SSSR count). The maximum atomic E-state index is 10.8. The molecule has 3 N–H and O–H groups in total. The Morgan fingerprint density at radius 2 is 2.11 bits per heavy atom. The summed E-state index contributed by atoms with van der Waals surface area (Å²) < 4.78 is 2.31. The fraction of sp³-hybridized carbons (Fsp3) is 0.0625. The van der Waals surface area contributed by atoms with Crippen molar-refractivity contribution in [1.29, 1.82) is 0 Å². The van der Waals surface area contributed by atoms with Gasteiger partial charge in [-0.3, -0.25) is 10.1 Å². The van der Waals surface area contributed by atoms with E-state index in [1.165, 1.54) is 34.8 Å². The third-order valence-corrected chi connectivity index (χ3v) is 4.89. The van der Waals surface area contributed by atoms with Gasteiger partial charge in [0.15, 0.2) is 0 Å². The van der Waals surface area contributed by atoms with Crippen LogP contribution in [0.2, 0.25) is 0 Å². The summed E-state index contributed by atoms with van der Waals surface area (Å²) in [4.78, 5) is 10.3. The Hall–Kier alpha value is -2.92. The predicted octanol–water partition coefficient (Wildman–Crippen LogP) is 3.40. The number of anilines is 1. The fourth-order valence-electron chi connectivity index (χ4n) is 2.11. The normalized spacial score (nSPS) is 11.0. The summed E-state index contributed by atoms with van der Waals surface area (Å²) in [5.74, 6) is 6.92. The zero-order valence-electron chi connectivity index (χ0n) is 13.8. The van der Waals surface area contributed by atoms with Crippen LogP contribution < -0.4 is 11.3 Å². The molecule has 0 spiro atoms. The molecular weight excluding hydrogens is 434 g/mol. The van der Waals surface area contributed by atoms with Gasteiger partial charge in [0.1, 0.15) is 0 Å². The number of nitrogens with zero attached hydrogens (tertiary/aromatic N) is 5. The molecule has 1 aromatic heterocycles. The monoisotopic (exact) mass is 447 g/mol. The Kier molecular flexibility index (Phi) is 6.04. The van der Waals surface area contributed by atoms with Crippen molar-refractivity contribution in [3.05, 3.63) is 74.2 Å². The highest BCUT2D eigenvalue weighted by molar-refractivity contribution is 9.10. The molecule has 0 atom stereocenters. The summed E-state index contributed by atoms with van der Waals surface area (Å²) in [5.41, 5.74) is 4.37. The smallest absolute Gasteiger partial charge is 0.270 e. The third kappa shape index (κ3) is 5.05. The van der Waals surface area contributed by atoms with Gasteiger partial charge in [-0.1, -0.05) is 52.0 Å². The topological polar surface area (TPSA) is 124 Å². The maximum absolute atomic E-state index is 10.8. The average molecular weight is 448 g/mol. The van der Waals surface area contributed by atoms with Crippen molar-refractivity contribution in [2.75, 3.05) is 11.3 Å². The average Bonchev–Trinajstić information content (AvgIpc) is 3.00. The summed E-state index contributed by atoms with van der Waals surface area (Å²) in [6, 6.07) is 14.1. The zero-order valence-corrected chi connectivity index (χ0v) is 16.2. The molecule has 0 unspecified atom stereocenters. The number of nitrogen functional groups attached to an aromatic ring is 1. The molecule has 2 aromatic carbocycles. The lowest BCUT2D eigenvalue weighted by Crippen LogP contribution is -2.13. The van der Waals surface area contributed by atoms with Crippen molar-refractivity contribution in [2.45, 2.75) is 10.9 Å². The van der Waals surface area contributed by atoms with Crippen molar-refractivity contribution in [3.8, 4) is 0 Å².